The van der Waals surface area contributed by atoms with E-state index in [9.17, 15) is 9.18 Å². The van der Waals surface area contributed by atoms with Crippen molar-refractivity contribution in [3.63, 3.8) is 0 Å². The number of carboxylic acid groups (broad SMARTS) is 1. The van der Waals surface area contributed by atoms with Crippen molar-refractivity contribution < 1.29 is 14.3 Å². The maximum Gasteiger partial charge on any atom is 0.320 e. The topological polar surface area (TPSA) is 40.5 Å². The van der Waals surface area contributed by atoms with Crippen molar-refractivity contribution in [2.75, 3.05) is 18.8 Å². The first-order chi connectivity index (χ1) is 9.16. The third kappa shape index (κ3) is 4.21. The van der Waals surface area contributed by atoms with E-state index in [0.717, 1.165) is 43.0 Å². The number of benzene rings is 1. The first-order valence-corrected chi connectivity index (χ1v) is 7.50. The summed E-state index contributed by atoms with van der Waals surface area (Å²) in [6.45, 7) is 1.62. The standard InChI is InChI=1S/C14H18FNO2S/c15-11-4-6-12(7-5-11)19-10-9-16-8-2-1-3-13(16)14(17)18/h4-7,13H,1-3,8-10H2,(H,17,18). The fourth-order valence-corrected chi connectivity index (χ4v) is 3.24. The van der Waals surface area contributed by atoms with Crippen molar-refractivity contribution in [3.8, 4) is 0 Å². The van der Waals surface area contributed by atoms with Crippen LogP contribution in [0.25, 0.3) is 0 Å². The van der Waals surface area contributed by atoms with E-state index in [1.54, 1.807) is 23.9 Å². The summed E-state index contributed by atoms with van der Waals surface area (Å²) in [5.41, 5.74) is 0. The Morgan fingerprint density at radius 2 is 2.11 bits per heavy atom. The molecule has 1 saturated heterocycles. The van der Waals surface area contributed by atoms with Gasteiger partial charge in [0, 0.05) is 17.2 Å². The maximum absolute atomic E-state index is 12.8. The molecular weight excluding hydrogens is 265 g/mol. The molecule has 1 atom stereocenters. The zero-order chi connectivity index (χ0) is 13.7. The zero-order valence-corrected chi connectivity index (χ0v) is 11.5. The number of hydrogen-bond donors (Lipinski definition) is 1. The minimum absolute atomic E-state index is 0.230. The average Bonchev–Trinajstić information content (AvgIpc) is 2.41. The van der Waals surface area contributed by atoms with Crippen LogP contribution in [0.5, 0.6) is 0 Å². The number of hydrogen-bond acceptors (Lipinski definition) is 3. The summed E-state index contributed by atoms with van der Waals surface area (Å²) >= 11 is 1.64. The molecule has 0 saturated carbocycles. The Labute approximate surface area is 116 Å². The van der Waals surface area contributed by atoms with Gasteiger partial charge < -0.3 is 5.11 Å². The van der Waals surface area contributed by atoms with Gasteiger partial charge >= 0.3 is 5.97 Å². The van der Waals surface area contributed by atoms with E-state index in [1.165, 1.54) is 12.1 Å². The van der Waals surface area contributed by atoms with Gasteiger partial charge in [-0.1, -0.05) is 6.42 Å². The van der Waals surface area contributed by atoms with Crippen LogP contribution in [-0.4, -0.2) is 40.9 Å². The van der Waals surface area contributed by atoms with Crippen molar-refractivity contribution in [1.29, 1.82) is 0 Å². The summed E-state index contributed by atoms with van der Waals surface area (Å²) in [4.78, 5) is 14.2. The van der Waals surface area contributed by atoms with Crippen molar-refractivity contribution in [2.45, 2.75) is 30.2 Å². The molecule has 0 aliphatic carbocycles. The number of likely N-dealkylation sites (tertiary alicyclic amines) is 1. The van der Waals surface area contributed by atoms with Crippen LogP contribution in [0.3, 0.4) is 0 Å². The second-order valence-electron chi connectivity index (χ2n) is 4.69. The van der Waals surface area contributed by atoms with Crippen molar-refractivity contribution >= 4 is 17.7 Å². The van der Waals surface area contributed by atoms with Gasteiger partial charge in [0.15, 0.2) is 0 Å². The minimum atomic E-state index is -0.716. The molecule has 1 fully saturated rings. The molecule has 0 spiro atoms. The lowest BCUT2D eigenvalue weighted by atomic mass is 10.0. The Balaban J connectivity index is 1.80. The van der Waals surface area contributed by atoms with Gasteiger partial charge in [0.25, 0.3) is 0 Å². The third-order valence-corrected chi connectivity index (χ3v) is 4.35. The van der Waals surface area contributed by atoms with Crippen LogP contribution >= 0.6 is 11.8 Å². The van der Waals surface area contributed by atoms with E-state index in [0.29, 0.717) is 0 Å². The third-order valence-electron chi connectivity index (χ3n) is 3.36. The highest BCUT2D eigenvalue weighted by atomic mass is 32.2. The quantitative estimate of drug-likeness (QED) is 0.844. The molecule has 1 N–H and O–H groups in total. The van der Waals surface area contributed by atoms with E-state index in [2.05, 4.69) is 0 Å². The fourth-order valence-electron chi connectivity index (χ4n) is 2.35. The fraction of sp³-hybridized carbons (Fsp3) is 0.500. The molecule has 0 radical (unpaired) electrons. The molecular formula is C14H18FNO2S. The molecule has 104 valence electrons. The Morgan fingerprint density at radius 3 is 2.79 bits per heavy atom. The van der Waals surface area contributed by atoms with Crippen LogP contribution in [0.1, 0.15) is 19.3 Å². The van der Waals surface area contributed by atoms with Crippen molar-refractivity contribution in [3.05, 3.63) is 30.1 Å². The smallest absolute Gasteiger partial charge is 0.320 e. The molecule has 2 rings (SSSR count). The molecule has 1 unspecified atom stereocenters. The van der Waals surface area contributed by atoms with Gasteiger partial charge in [-0.15, -0.1) is 11.8 Å². The summed E-state index contributed by atoms with van der Waals surface area (Å²) < 4.78 is 12.8. The highest BCUT2D eigenvalue weighted by Crippen LogP contribution is 2.21. The normalized spacial score (nSPS) is 20.4. The lowest BCUT2D eigenvalue weighted by molar-refractivity contribution is -0.144. The molecule has 1 heterocycles. The summed E-state index contributed by atoms with van der Waals surface area (Å²) in [5, 5.41) is 9.17. The molecule has 1 aromatic rings. The number of carboxylic acids is 1. The van der Waals surface area contributed by atoms with Crippen molar-refractivity contribution in [2.24, 2.45) is 0 Å². The molecule has 0 amide bonds. The van der Waals surface area contributed by atoms with Gasteiger partial charge in [0.1, 0.15) is 11.9 Å². The van der Waals surface area contributed by atoms with Gasteiger partial charge in [-0.05, 0) is 43.7 Å². The molecule has 5 heteroatoms. The summed E-state index contributed by atoms with van der Waals surface area (Å²) in [6.07, 6.45) is 2.82. The summed E-state index contributed by atoms with van der Waals surface area (Å²) in [7, 11) is 0. The van der Waals surface area contributed by atoms with Crippen molar-refractivity contribution in [1.82, 2.24) is 4.90 Å². The molecule has 19 heavy (non-hydrogen) atoms. The Morgan fingerprint density at radius 1 is 1.37 bits per heavy atom. The number of thioether (sulfide) groups is 1. The van der Waals surface area contributed by atoms with Gasteiger partial charge in [-0.25, -0.2) is 4.39 Å². The van der Waals surface area contributed by atoms with E-state index in [4.69, 9.17) is 5.11 Å². The van der Waals surface area contributed by atoms with Gasteiger partial charge in [-0.2, -0.15) is 0 Å². The van der Waals surface area contributed by atoms with Crippen LogP contribution in [0.2, 0.25) is 0 Å². The van der Waals surface area contributed by atoms with Crippen LogP contribution in [0.15, 0.2) is 29.2 Å². The Hall–Kier alpha value is -1.07. The van der Waals surface area contributed by atoms with Gasteiger partial charge in [0.05, 0.1) is 0 Å². The van der Waals surface area contributed by atoms with Crippen LogP contribution < -0.4 is 0 Å². The first kappa shape index (κ1) is 14.3. The molecule has 1 aliphatic rings. The van der Waals surface area contributed by atoms with Crippen LogP contribution in [0.4, 0.5) is 4.39 Å². The van der Waals surface area contributed by atoms with E-state index in [1.807, 2.05) is 4.90 Å². The van der Waals surface area contributed by atoms with Crippen LogP contribution in [-0.2, 0) is 4.79 Å². The lowest BCUT2D eigenvalue weighted by Gasteiger charge is -2.32. The summed E-state index contributed by atoms with van der Waals surface area (Å²) in [6, 6.07) is 6.07. The monoisotopic (exact) mass is 283 g/mol. The number of halogens is 1. The van der Waals surface area contributed by atoms with E-state index < -0.39 is 5.97 Å². The highest BCUT2D eigenvalue weighted by molar-refractivity contribution is 7.99. The molecule has 3 nitrogen and oxygen atoms in total. The highest BCUT2D eigenvalue weighted by Gasteiger charge is 2.27. The lowest BCUT2D eigenvalue weighted by Crippen LogP contribution is -2.45. The van der Waals surface area contributed by atoms with E-state index >= 15 is 0 Å². The molecule has 0 bridgehead atoms. The van der Waals surface area contributed by atoms with Gasteiger partial charge in [-0.3, -0.25) is 9.69 Å². The number of carbonyl (C=O) groups is 1. The van der Waals surface area contributed by atoms with Gasteiger partial charge in [0.2, 0.25) is 0 Å². The van der Waals surface area contributed by atoms with E-state index in [-0.39, 0.29) is 11.9 Å². The number of nitrogens with zero attached hydrogens (tertiary/aromatic N) is 1. The average molecular weight is 283 g/mol. The molecule has 1 aromatic carbocycles. The first-order valence-electron chi connectivity index (χ1n) is 6.52. The minimum Gasteiger partial charge on any atom is -0.480 e. The maximum atomic E-state index is 12.8. The van der Waals surface area contributed by atoms with Crippen LogP contribution in [0, 0.1) is 5.82 Å². The largest absolute Gasteiger partial charge is 0.480 e. The Bertz CT molecular complexity index is 424. The second kappa shape index (κ2) is 6.91. The second-order valence-corrected chi connectivity index (χ2v) is 5.86. The summed E-state index contributed by atoms with van der Waals surface area (Å²) in [5.74, 6) is -0.118. The predicted octanol–water partition coefficient (Wildman–Crippen LogP) is 2.86. The Kier molecular flexibility index (Phi) is 5.22. The predicted molar refractivity (Wildman–Crippen MR) is 74.0 cm³/mol. The molecule has 1 aliphatic heterocycles. The molecule has 0 aromatic heterocycles. The SMILES string of the molecule is O=C(O)C1CCCCN1CCSc1ccc(F)cc1. The number of piperidine rings is 1. The zero-order valence-electron chi connectivity index (χ0n) is 10.7. The number of aliphatic carboxylic acids is 1. The number of rotatable bonds is 5.